The first kappa shape index (κ1) is 22.6. The minimum atomic E-state index is -0.277. The Balaban J connectivity index is -0.00000112. The maximum absolute atomic E-state index is 11.0. The molecule has 0 saturated heterocycles. The van der Waals surface area contributed by atoms with Crippen LogP contribution in [0, 0.1) is 0 Å². The first-order chi connectivity index (χ1) is 7.70. The molecule has 0 spiro atoms. The number of hydrogen-bond acceptors (Lipinski definition) is 6. The molecule has 0 bridgehead atoms. The highest BCUT2D eigenvalue weighted by molar-refractivity contribution is 5.85. The standard InChI is InChI=1S/C10H20N2O4.2ClH/c11-5-7-15-9(13)3-1-2-4-10(14)16-8-6-12;;/h1-8,11-12H2;2*1H. The number of nitrogens with two attached hydrogens (primary N) is 2. The van der Waals surface area contributed by atoms with Crippen molar-refractivity contribution >= 4 is 36.8 Å². The lowest BCUT2D eigenvalue weighted by Gasteiger charge is -2.03. The van der Waals surface area contributed by atoms with Crippen LogP contribution in [0.3, 0.4) is 0 Å². The molecule has 0 aromatic rings. The molecule has 0 fully saturated rings. The summed E-state index contributed by atoms with van der Waals surface area (Å²) in [6, 6.07) is 0. The van der Waals surface area contributed by atoms with E-state index in [4.69, 9.17) is 20.9 Å². The third-order valence-corrected chi connectivity index (χ3v) is 1.77. The number of ether oxygens (including phenoxy) is 2. The smallest absolute Gasteiger partial charge is 0.305 e. The van der Waals surface area contributed by atoms with Crippen LogP contribution in [0.2, 0.25) is 0 Å². The zero-order valence-electron chi connectivity index (χ0n) is 10.3. The summed E-state index contributed by atoms with van der Waals surface area (Å²) >= 11 is 0. The summed E-state index contributed by atoms with van der Waals surface area (Å²) in [4.78, 5) is 22.0. The summed E-state index contributed by atoms with van der Waals surface area (Å²) in [6.45, 7) is 1.16. The number of unbranched alkanes of at least 4 members (excludes halogenated alkanes) is 1. The number of hydrogen-bond donors (Lipinski definition) is 2. The predicted octanol–water partition coefficient (Wildman–Crippen LogP) is 0.394. The van der Waals surface area contributed by atoms with Gasteiger partial charge in [0.1, 0.15) is 13.2 Å². The Hall–Kier alpha value is -0.560. The molecule has 0 aliphatic carbocycles. The minimum Gasteiger partial charge on any atom is -0.464 e. The first-order valence-corrected chi connectivity index (χ1v) is 5.42. The molecule has 6 nitrogen and oxygen atoms in total. The molecule has 0 unspecified atom stereocenters. The summed E-state index contributed by atoms with van der Waals surface area (Å²) in [6.07, 6.45) is 1.84. The van der Waals surface area contributed by atoms with Crippen LogP contribution in [0.1, 0.15) is 25.7 Å². The van der Waals surface area contributed by atoms with Gasteiger partial charge in [0.2, 0.25) is 0 Å². The normalized spacial score (nSPS) is 8.78. The van der Waals surface area contributed by atoms with Crippen LogP contribution in [-0.4, -0.2) is 38.2 Å². The molecule has 0 atom stereocenters. The number of rotatable bonds is 9. The van der Waals surface area contributed by atoms with Crippen molar-refractivity contribution in [3.05, 3.63) is 0 Å². The summed E-state index contributed by atoms with van der Waals surface area (Å²) in [7, 11) is 0. The van der Waals surface area contributed by atoms with Crippen LogP contribution in [0.5, 0.6) is 0 Å². The zero-order chi connectivity index (χ0) is 12.2. The molecule has 0 saturated carbocycles. The Morgan fingerprint density at radius 1 is 0.778 bits per heavy atom. The summed E-state index contributed by atoms with van der Waals surface area (Å²) in [5.74, 6) is -0.554. The van der Waals surface area contributed by atoms with Crippen molar-refractivity contribution in [2.75, 3.05) is 26.3 Å². The van der Waals surface area contributed by atoms with Crippen molar-refractivity contribution in [3.8, 4) is 0 Å². The second kappa shape index (κ2) is 16.4. The first-order valence-electron chi connectivity index (χ1n) is 5.42. The van der Waals surface area contributed by atoms with Gasteiger partial charge in [-0.3, -0.25) is 9.59 Å². The molecule has 0 aromatic heterocycles. The molecule has 0 aromatic carbocycles. The van der Waals surface area contributed by atoms with E-state index >= 15 is 0 Å². The van der Waals surface area contributed by atoms with Crippen molar-refractivity contribution in [2.45, 2.75) is 25.7 Å². The van der Waals surface area contributed by atoms with Crippen molar-refractivity contribution in [1.29, 1.82) is 0 Å². The van der Waals surface area contributed by atoms with Gasteiger partial charge in [-0.05, 0) is 12.8 Å². The molecule has 110 valence electrons. The van der Waals surface area contributed by atoms with Gasteiger partial charge in [0.15, 0.2) is 0 Å². The molecule has 0 rings (SSSR count). The van der Waals surface area contributed by atoms with Crippen molar-refractivity contribution in [2.24, 2.45) is 11.5 Å². The number of halogens is 2. The third-order valence-electron chi connectivity index (χ3n) is 1.77. The van der Waals surface area contributed by atoms with E-state index < -0.39 is 0 Å². The average molecular weight is 305 g/mol. The molecule has 0 heterocycles. The third kappa shape index (κ3) is 15.4. The van der Waals surface area contributed by atoms with Crippen LogP contribution < -0.4 is 11.5 Å². The number of carbonyl (C=O) groups excluding carboxylic acids is 2. The summed E-state index contributed by atoms with van der Waals surface area (Å²) in [5, 5.41) is 0. The molecule has 18 heavy (non-hydrogen) atoms. The van der Waals surface area contributed by atoms with Gasteiger partial charge >= 0.3 is 11.9 Å². The molecule has 0 amide bonds. The Morgan fingerprint density at radius 3 is 1.39 bits per heavy atom. The molecule has 4 N–H and O–H groups in total. The van der Waals surface area contributed by atoms with Gasteiger partial charge < -0.3 is 20.9 Å². The van der Waals surface area contributed by atoms with Crippen molar-refractivity contribution < 1.29 is 19.1 Å². The average Bonchev–Trinajstić information content (AvgIpc) is 2.29. The molecular formula is C10H22Cl2N2O4. The lowest BCUT2D eigenvalue weighted by molar-refractivity contribution is -0.145. The molecule has 0 aliphatic heterocycles. The van der Waals surface area contributed by atoms with Gasteiger partial charge in [0, 0.05) is 25.9 Å². The Bertz CT molecular complexity index is 196. The molecule has 8 heteroatoms. The number of esters is 2. The predicted molar refractivity (Wildman–Crippen MR) is 73.0 cm³/mol. The Labute approximate surface area is 120 Å². The fraction of sp³-hybridized carbons (Fsp3) is 0.800. The van der Waals surface area contributed by atoms with E-state index in [1.54, 1.807) is 0 Å². The minimum absolute atomic E-state index is 0. The summed E-state index contributed by atoms with van der Waals surface area (Å²) in [5.41, 5.74) is 10.3. The highest BCUT2D eigenvalue weighted by Crippen LogP contribution is 2.02. The van der Waals surface area contributed by atoms with Gasteiger partial charge in [0.25, 0.3) is 0 Å². The van der Waals surface area contributed by atoms with Crippen LogP contribution in [0.15, 0.2) is 0 Å². The second-order valence-corrected chi connectivity index (χ2v) is 3.23. The topological polar surface area (TPSA) is 105 Å². The van der Waals surface area contributed by atoms with E-state index in [9.17, 15) is 9.59 Å². The highest BCUT2D eigenvalue weighted by Gasteiger charge is 2.05. The van der Waals surface area contributed by atoms with Gasteiger partial charge in [-0.15, -0.1) is 24.8 Å². The van der Waals surface area contributed by atoms with Crippen LogP contribution >= 0.6 is 24.8 Å². The lowest BCUT2D eigenvalue weighted by Crippen LogP contribution is -2.14. The maximum Gasteiger partial charge on any atom is 0.305 e. The van der Waals surface area contributed by atoms with Crippen molar-refractivity contribution in [3.63, 3.8) is 0 Å². The second-order valence-electron chi connectivity index (χ2n) is 3.23. The molecule has 0 radical (unpaired) electrons. The van der Waals surface area contributed by atoms with Crippen LogP contribution in [-0.2, 0) is 19.1 Å². The van der Waals surface area contributed by atoms with E-state index in [1.165, 1.54) is 0 Å². The fourth-order valence-electron chi connectivity index (χ4n) is 1.03. The SMILES string of the molecule is Cl.Cl.NCCOC(=O)CCCCC(=O)OCCN. The Morgan fingerprint density at radius 2 is 1.11 bits per heavy atom. The van der Waals surface area contributed by atoms with E-state index in [0.717, 1.165) is 0 Å². The summed E-state index contributed by atoms with van der Waals surface area (Å²) < 4.78 is 9.53. The van der Waals surface area contributed by atoms with Gasteiger partial charge in [0.05, 0.1) is 0 Å². The molecule has 0 aliphatic rings. The maximum atomic E-state index is 11.0. The van der Waals surface area contributed by atoms with Gasteiger partial charge in [-0.2, -0.15) is 0 Å². The molecular weight excluding hydrogens is 283 g/mol. The van der Waals surface area contributed by atoms with Crippen molar-refractivity contribution in [1.82, 2.24) is 0 Å². The van der Waals surface area contributed by atoms with E-state index in [-0.39, 0.29) is 50.0 Å². The largest absolute Gasteiger partial charge is 0.464 e. The number of carbonyl (C=O) groups is 2. The quantitative estimate of drug-likeness (QED) is 0.472. The Kier molecular flexibility index (Phi) is 20.6. The highest BCUT2D eigenvalue weighted by atomic mass is 35.5. The zero-order valence-corrected chi connectivity index (χ0v) is 11.9. The van der Waals surface area contributed by atoms with E-state index in [0.29, 0.717) is 38.8 Å². The van der Waals surface area contributed by atoms with Gasteiger partial charge in [-0.25, -0.2) is 0 Å². The monoisotopic (exact) mass is 304 g/mol. The fourth-order valence-corrected chi connectivity index (χ4v) is 1.03. The van der Waals surface area contributed by atoms with Crippen LogP contribution in [0.25, 0.3) is 0 Å². The van der Waals surface area contributed by atoms with E-state index in [1.807, 2.05) is 0 Å². The van der Waals surface area contributed by atoms with Crippen LogP contribution in [0.4, 0.5) is 0 Å². The van der Waals surface area contributed by atoms with Gasteiger partial charge in [-0.1, -0.05) is 0 Å². The lowest BCUT2D eigenvalue weighted by atomic mass is 10.2. The van der Waals surface area contributed by atoms with E-state index in [2.05, 4.69) is 0 Å².